The van der Waals surface area contributed by atoms with E-state index in [2.05, 4.69) is 41.8 Å². The number of Topliss-reactive ketones (excluding diaryl/α,β-unsaturated/α-hetero) is 1. The molecule has 0 saturated carbocycles. The van der Waals surface area contributed by atoms with Crippen molar-refractivity contribution in [2.45, 2.75) is 6.92 Å². The first-order valence-electron chi connectivity index (χ1n) is 7.79. The smallest absolute Gasteiger partial charge is 0.196 e. The number of benzene rings is 2. The highest BCUT2D eigenvalue weighted by molar-refractivity contribution is 9.11. The minimum absolute atomic E-state index is 0.0270. The van der Waals surface area contributed by atoms with Crippen molar-refractivity contribution in [3.8, 4) is 16.3 Å². The summed E-state index contributed by atoms with van der Waals surface area (Å²) in [6.45, 7) is 1.85. The predicted molar refractivity (Wildman–Crippen MR) is 118 cm³/mol. The highest BCUT2D eigenvalue weighted by Gasteiger charge is 2.15. The fourth-order valence-corrected chi connectivity index (χ4v) is 4.69. The number of thiazole rings is 1. The fourth-order valence-electron chi connectivity index (χ4n) is 2.34. The molecule has 27 heavy (non-hydrogen) atoms. The zero-order valence-electron chi connectivity index (χ0n) is 14.0. The number of carbonyl (C=O) groups excluding carboxylic acids is 1. The largest absolute Gasteiger partial charge is 0.506 e. The van der Waals surface area contributed by atoms with E-state index in [0.29, 0.717) is 24.5 Å². The molecule has 0 aliphatic carbocycles. The van der Waals surface area contributed by atoms with Gasteiger partial charge < -0.3 is 5.11 Å². The number of aromatic hydroxyl groups is 1. The molecule has 0 amide bonds. The van der Waals surface area contributed by atoms with Crippen molar-refractivity contribution in [1.29, 1.82) is 0 Å². The summed E-state index contributed by atoms with van der Waals surface area (Å²) >= 11 is 13.8. The van der Waals surface area contributed by atoms with E-state index in [9.17, 15) is 9.90 Å². The number of phenols is 1. The number of rotatable bonds is 5. The monoisotopic (exact) mass is 526 g/mol. The molecule has 138 valence electrons. The van der Waals surface area contributed by atoms with Crippen LogP contribution in [-0.2, 0) is 0 Å². The maximum atomic E-state index is 12.5. The number of aromatic nitrogens is 1. The second-order valence-electron chi connectivity index (χ2n) is 5.67. The number of ketones is 1. The van der Waals surface area contributed by atoms with Gasteiger partial charge in [0.25, 0.3) is 0 Å². The fraction of sp³-hybridized carbons (Fsp3) is 0.105. The number of aryl methyl sites for hydroxylation is 1. The Morgan fingerprint density at radius 1 is 1.26 bits per heavy atom. The molecule has 3 rings (SSSR count). The minimum atomic E-state index is -0.0848. The average molecular weight is 529 g/mol. The maximum Gasteiger partial charge on any atom is 0.196 e. The molecule has 0 atom stereocenters. The molecule has 0 radical (unpaired) electrons. The van der Waals surface area contributed by atoms with Gasteiger partial charge in [-0.15, -0.1) is 11.3 Å². The van der Waals surface area contributed by atoms with Gasteiger partial charge in [0.1, 0.15) is 17.3 Å². The first-order valence-corrected chi connectivity index (χ1v) is 10.6. The molecule has 0 spiro atoms. The second kappa shape index (κ2) is 8.65. The van der Waals surface area contributed by atoms with Crippen molar-refractivity contribution in [1.82, 2.24) is 4.98 Å². The third kappa shape index (κ3) is 4.85. The number of hydrogen-bond donors (Lipinski definition) is 1. The van der Waals surface area contributed by atoms with Crippen LogP contribution in [0.2, 0.25) is 5.02 Å². The van der Waals surface area contributed by atoms with Gasteiger partial charge in [0, 0.05) is 16.8 Å². The van der Waals surface area contributed by atoms with E-state index in [0.717, 1.165) is 16.1 Å². The van der Waals surface area contributed by atoms with E-state index in [4.69, 9.17) is 11.6 Å². The summed E-state index contributed by atoms with van der Waals surface area (Å²) in [5.41, 5.74) is 2.39. The summed E-state index contributed by atoms with van der Waals surface area (Å²) in [6.07, 6.45) is 1.60. The van der Waals surface area contributed by atoms with Crippen LogP contribution in [0.5, 0.6) is 5.75 Å². The molecule has 1 aromatic heterocycles. The lowest BCUT2D eigenvalue weighted by Gasteiger charge is -2.01. The van der Waals surface area contributed by atoms with Crippen molar-refractivity contribution < 1.29 is 9.90 Å². The Kier molecular flexibility index (Phi) is 6.47. The highest BCUT2D eigenvalue weighted by atomic mass is 79.9. The molecule has 3 aromatic rings. The molecular formula is C19H13Br2ClN2O2S. The van der Waals surface area contributed by atoms with Crippen molar-refractivity contribution in [2.24, 2.45) is 4.99 Å². The number of nitrogens with zero attached hydrogens (tertiary/aromatic N) is 2. The molecule has 2 aromatic carbocycles. The number of carbonyl (C=O) groups is 1. The van der Waals surface area contributed by atoms with Gasteiger partial charge in [-0.25, -0.2) is 4.98 Å². The molecular weight excluding hydrogens is 516 g/mol. The van der Waals surface area contributed by atoms with Gasteiger partial charge in [-0.05, 0) is 68.6 Å². The molecule has 0 aliphatic heterocycles. The molecule has 0 saturated heterocycles. The number of hydrogen-bond acceptors (Lipinski definition) is 5. The van der Waals surface area contributed by atoms with Crippen LogP contribution < -0.4 is 0 Å². The number of halogens is 3. The van der Waals surface area contributed by atoms with Crippen molar-refractivity contribution in [3.63, 3.8) is 0 Å². The van der Waals surface area contributed by atoms with E-state index in [-0.39, 0.29) is 18.1 Å². The van der Waals surface area contributed by atoms with Gasteiger partial charge in [-0.1, -0.05) is 23.7 Å². The molecule has 0 aliphatic rings. The van der Waals surface area contributed by atoms with Gasteiger partial charge in [-0.2, -0.15) is 0 Å². The van der Waals surface area contributed by atoms with Crippen LogP contribution in [0.15, 0.2) is 50.3 Å². The van der Waals surface area contributed by atoms with Crippen molar-refractivity contribution in [2.75, 3.05) is 6.54 Å². The average Bonchev–Trinajstić information content (AvgIpc) is 3.02. The summed E-state index contributed by atoms with van der Waals surface area (Å²) in [5.74, 6) is 0.0385. The zero-order valence-corrected chi connectivity index (χ0v) is 18.8. The Labute approximate surface area is 182 Å². The van der Waals surface area contributed by atoms with Crippen LogP contribution in [-0.4, -0.2) is 28.6 Å². The summed E-state index contributed by atoms with van der Waals surface area (Å²) in [6, 6.07) is 10.8. The van der Waals surface area contributed by atoms with E-state index in [1.165, 1.54) is 11.3 Å². The first-order chi connectivity index (χ1) is 12.8. The lowest BCUT2D eigenvalue weighted by atomic mass is 10.2. The quantitative estimate of drug-likeness (QED) is 0.312. The molecule has 8 heteroatoms. The van der Waals surface area contributed by atoms with Gasteiger partial charge in [0.15, 0.2) is 5.78 Å². The Morgan fingerprint density at radius 3 is 2.52 bits per heavy atom. The Hall–Kier alpha value is -1.54. The molecule has 0 fully saturated rings. The summed E-state index contributed by atoms with van der Waals surface area (Å²) in [4.78, 5) is 21.8. The second-order valence-corrected chi connectivity index (χ2v) is 8.81. The standard InChI is InChI=1S/C19H13Br2ClN2O2S/c1-10-18(27-19(24-10)12-2-4-13(22)5-3-12)16(25)9-23-8-11-6-14(20)17(26)15(21)7-11/h2-8,26H,9H2,1H3. The highest BCUT2D eigenvalue weighted by Crippen LogP contribution is 2.33. The van der Waals surface area contributed by atoms with Crippen molar-refractivity contribution >= 4 is 66.8 Å². The van der Waals surface area contributed by atoms with Gasteiger partial charge >= 0.3 is 0 Å². The Balaban J connectivity index is 1.74. The summed E-state index contributed by atoms with van der Waals surface area (Å²) in [7, 11) is 0. The molecule has 4 nitrogen and oxygen atoms in total. The predicted octanol–water partition coefficient (Wildman–Crippen LogP) is 6.30. The van der Waals surface area contributed by atoms with Gasteiger partial charge in [-0.3, -0.25) is 9.79 Å². The Bertz CT molecular complexity index is 1010. The van der Waals surface area contributed by atoms with Gasteiger partial charge in [0.2, 0.25) is 0 Å². The zero-order chi connectivity index (χ0) is 19.6. The van der Waals surface area contributed by atoms with E-state index in [1.54, 1.807) is 30.5 Å². The third-order valence-corrected chi connectivity index (χ3v) is 6.36. The van der Waals surface area contributed by atoms with Crippen LogP contribution in [0.1, 0.15) is 20.9 Å². The Morgan fingerprint density at radius 2 is 1.89 bits per heavy atom. The van der Waals surface area contributed by atoms with E-state index in [1.807, 2.05) is 19.1 Å². The lowest BCUT2D eigenvalue weighted by molar-refractivity contribution is 0.100. The lowest BCUT2D eigenvalue weighted by Crippen LogP contribution is -2.03. The third-order valence-electron chi connectivity index (χ3n) is 3.66. The topological polar surface area (TPSA) is 62.5 Å². The SMILES string of the molecule is Cc1nc(-c2ccc(Cl)cc2)sc1C(=O)CN=Cc1cc(Br)c(O)c(Br)c1. The molecule has 0 unspecified atom stereocenters. The van der Waals surface area contributed by atoms with E-state index >= 15 is 0 Å². The van der Waals surface area contributed by atoms with Gasteiger partial charge in [0.05, 0.1) is 19.5 Å². The van der Waals surface area contributed by atoms with Crippen LogP contribution in [0.3, 0.4) is 0 Å². The maximum absolute atomic E-state index is 12.5. The van der Waals surface area contributed by atoms with Crippen LogP contribution in [0, 0.1) is 6.92 Å². The number of phenolic OH excluding ortho intramolecular Hbond substituents is 1. The van der Waals surface area contributed by atoms with Crippen molar-refractivity contribution in [3.05, 3.63) is 66.5 Å². The normalized spacial score (nSPS) is 11.3. The summed E-state index contributed by atoms with van der Waals surface area (Å²) in [5, 5.41) is 11.2. The van der Waals surface area contributed by atoms with Crippen LogP contribution >= 0.6 is 54.8 Å². The molecule has 1 heterocycles. The number of aliphatic imine (C=N–C) groups is 1. The summed E-state index contributed by atoms with van der Waals surface area (Å²) < 4.78 is 1.10. The first kappa shape index (κ1) is 20.2. The van der Waals surface area contributed by atoms with E-state index < -0.39 is 0 Å². The minimum Gasteiger partial charge on any atom is -0.506 e. The molecule has 0 bridgehead atoms. The molecule has 1 N–H and O–H groups in total. The van der Waals surface area contributed by atoms with Crippen LogP contribution in [0.4, 0.5) is 0 Å². The van der Waals surface area contributed by atoms with Crippen LogP contribution in [0.25, 0.3) is 10.6 Å².